The summed E-state index contributed by atoms with van der Waals surface area (Å²) < 4.78 is 0. The average Bonchev–Trinajstić information content (AvgIpc) is 3.35. The van der Waals surface area contributed by atoms with Gasteiger partial charge < -0.3 is 20.7 Å². The Labute approximate surface area is 154 Å². The molecule has 1 amide bonds. The Bertz CT molecular complexity index is 886. The predicted molar refractivity (Wildman–Crippen MR) is 100 cm³/mol. The Morgan fingerprint density at radius 2 is 2.38 bits per heavy atom. The zero-order chi connectivity index (χ0) is 17.9. The van der Waals surface area contributed by atoms with Gasteiger partial charge in [-0.2, -0.15) is 0 Å². The Hall–Kier alpha value is -2.29. The number of hydrogen-bond acceptors (Lipinski definition) is 6. The molecule has 4 rings (SSSR count). The van der Waals surface area contributed by atoms with Crippen LogP contribution in [0.25, 0.3) is 11.2 Å². The molecule has 4 N–H and O–H groups in total. The summed E-state index contributed by atoms with van der Waals surface area (Å²) in [6, 6.07) is 5.39. The highest BCUT2D eigenvalue weighted by molar-refractivity contribution is 7.10. The number of fused-ring (bicyclic) bond motifs is 1. The number of aromatic amines is 1. The number of carbonyl (C=O) groups is 1. The van der Waals surface area contributed by atoms with Crippen molar-refractivity contribution in [1.82, 2.24) is 25.6 Å². The van der Waals surface area contributed by atoms with Gasteiger partial charge in [-0.25, -0.2) is 9.97 Å². The highest BCUT2D eigenvalue weighted by atomic mass is 32.1. The van der Waals surface area contributed by atoms with E-state index >= 15 is 0 Å². The summed E-state index contributed by atoms with van der Waals surface area (Å²) in [5.41, 5.74) is 1.46. The lowest BCUT2D eigenvalue weighted by molar-refractivity contribution is 0.0946. The molecule has 136 valence electrons. The standard InChI is InChI=1S/C18H21N5O2S/c24-15(13-4-2-8-26-13)17-22-14-12(5-7-20-16(14)23-17)18(25)21-10-11-3-1-6-19-9-11/h2,4-5,7-8,11,15,19,24H,1,3,6,9-10H2,(H,21,25)(H,20,22,23)/t11-,15?/m1/s1. The van der Waals surface area contributed by atoms with E-state index in [0.717, 1.165) is 30.8 Å². The fourth-order valence-electron chi connectivity index (χ4n) is 3.25. The van der Waals surface area contributed by atoms with Gasteiger partial charge in [-0.15, -0.1) is 11.3 Å². The van der Waals surface area contributed by atoms with Gasteiger partial charge >= 0.3 is 0 Å². The van der Waals surface area contributed by atoms with Gasteiger partial charge in [0, 0.05) is 17.6 Å². The lowest BCUT2D eigenvalue weighted by Crippen LogP contribution is -2.38. The van der Waals surface area contributed by atoms with E-state index in [4.69, 9.17) is 0 Å². The Morgan fingerprint density at radius 1 is 1.46 bits per heavy atom. The number of H-pyrrole nitrogens is 1. The molecule has 8 heteroatoms. The van der Waals surface area contributed by atoms with Gasteiger partial charge in [0.15, 0.2) is 5.65 Å². The zero-order valence-electron chi connectivity index (χ0n) is 14.2. The molecule has 4 heterocycles. The number of nitrogens with zero attached hydrogens (tertiary/aromatic N) is 2. The van der Waals surface area contributed by atoms with Gasteiger partial charge in [0.2, 0.25) is 0 Å². The van der Waals surface area contributed by atoms with Crippen molar-refractivity contribution in [3.63, 3.8) is 0 Å². The minimum Gasteiger partial charge on any atom is -0.380 e. The van der Waals surface area contributed by atoms with Gasteiger partial charge in [0.05, 0.1) is 5.56 Å². The minimum atomic E-state index is -0.853. The van der Waals surface area contributed by atoms with Crippen molar-refractivity contribution in [3.8, 4) is 0 Å². The van der Waals surface area contributed by atoms with Crippen LogP contribution in [0.3, 0.4) is 0 Å². The van der Waals surface area contributed by atoms with Crippen LogP contribution in [0.5, 0.6) is 0 Å². The van der Waals surface area contributed by atoms with Crippen LogP contribution in [0.1, 0.15) is 40.0 Å². The molecule has 2 atom stereocenters. The van der Waals surface area contributed by atoms with Crippen molar-refractivity contribution < 1.29 is 9.90 Å². The first-order chi connectivity index (χ1) is 12.7. The second kappa shape index (κ2) is 7.53. The average molecular weight is 371 g/mol. The van der Waals surface area contributed by atoms with Gasteiger partial charge in [0.25, 0.3) is 5.91 Å². The number of amides is 1. The van der Waals surface area contributed by atoms with Crippen molar-refractivity contribution in [2.75, 3.05) is 19.6 Å². The first-order valence-corrected chi connectivity index (χ1v) is 9.65. The first kappa shape index (κ1) is 17.1. The van der Waals surface area contributed by atoms with E-state index in [1.54, 1.807) is 12.3 Å². The third kappa shape index (κ3) is 3.48. The maximum Gasteiger partial charge on any atom is 0.253 e. The molecule has 3 aromatic heterocycles. The molecule has 26 heavy (non-hydrogen) atoms. The van der Waals surface area contributed by atoms with E-state index < -0.39 is 6.10 Å². The summed E-state index contributed by atoms with van der Waals surface area (Å²) in [6.07, 6.45) is 2.99. The molecule has 0 bridgehead atoms. The van der Waals surface area contributed by atoms with Crippen LogP contribution in [0.15, 0.2) is 29.8 Å². The number of imidazole rings is 1. The number of nitrogens with one attached hydrogen (secondary N) is 3. The molecule has 0 spiro atoms. The van der Waals surface area contributed by atoms with Crippen molar-refractivity contribution in [2.45, 2.75) is 18.9 Å². The normalized spacial score (nSPS) is 18.7. The SMILES string of the molecule is O=C(NC[C@@H]1CCCNC1)c1ccnc2[nH]c(C(O)c3cccs3)nc12. The fourth-order valence-corrected chi connectivity index (χ4v) is 3.97. The highest BCUT2D eigenvalue weighted by Crippen LogP contribution is 2.26. The third-order valence-corrected chi connectivity index (χ3v) is 5.59. The van der Waals surface area contributed by atoms with Crippen LogP contribution in [0, 0.1) is 5.92 Å². The number of pyridine rings is 1. The molecule has 1 aliphatic rings. The highest BCUT2D eigenvalue weighted by Gasteiger charge is 2.21. The van der Waals surface area contributed by atoms with Gasteiger partial charge in [-0.3, -0.25) is 4.79 Å². The molecule has 0 aromatic carbocycles. The van der Waals surface area contributed by atoms with E-state index in [1.807, 2.05) is 17.5 Å². The van der Waals surface area contributed by atoms with Crippen LogP contribution < -0.4 is 10.6 Å². The molecule has 1 aliphatic heterocycles. The summed E-state index contributed by atoms with van der Waals surface area (Å²) in [4.78, 5) is 25.1. The quantitative estimate of drug-likeness (QED) is 0.548. The Morgan fingerprint density at radius 3 is 3.15 bits per heavy atom. The molecule has 3 aromatic rings. The summed E-state index contributed by atoms with van der Waals surface area (Å²) in [5.74, 6) is 0.693. The van der Waals surface area contributed by atoms with E-state index in [9.17, 15) is 9.90 Å². The second-order valence-corrected chi connectivity index (χ2v) is 7.50. The third-order valence-electron chi connectivity index (χ3n) is 4.67. The Kier molecular flexibility index (Phi) is 4.96. The number of aliphatic hydroxyl groups excluding tert-OH is 1. The van der Waals surface area contributed by atoms with Crippen LogP contribution in [-0.2, 0) is 0 Å². The van der Waals surface area contributed by atoms with E-state index in [2.05, 4.69) is 25.6 Å². The zero-order valence-corrected chi connectivity index (χ0v) is 15.1. The topological polar surface area (TPSA) is 103 Å². The minimum absolute atomic E-state index is 0.161. The van der Waals surface area contributed by atoms with Crippen molar-refractivity contribution in [3.05, 3.63) is 46.0 Å². The number of aromatic nitrogens is 3. The largest absolute Gasteiger partial charge is 0.380 e. The number of piperidine rings is 1. The van der Waals surface area contributed by atoms with Gasteiger partial charge in [-0.05, 0) is 49.4 Å². The summed E-state index contributed by atoms with van der Waals surface area (Å²) >= 11 is 1.45. The maximum atomic E-state index is 12.6. The van der Waals surface area contributed by atoms with Gasteiger partial charge in [0.1, 0.15) is 17.4 Å². The van der Waals surface area contributed by atoms with Crippen molar-refractivity contribution in [1.29, 1.82) is 0 Å². The van der Waals surface area contributed by atoms with E-state index in [-0.39, 0.29) is 5.91 Å². The van der Waals surface area contributed by atoms with E-state index in [0.29, 0.717) is 35.0 Å². The van der Waals surface area contributed by atoms with Gasteiger partial charge in [-0.1, -0.05) is 6.07 Å². The molecular formula is C18H21N5O2S. The number of rotatable bonds is 5. The molecule has 1 saturated heterocycles. The molecule has 1 fully saturated rings. The molecule has 7 nitrogen and oxygen atoms in total. The number of hydrogen-bond donors (Lipinski definition) is 4. The van der Waals surface area contributed by atoms with Crippen LogP contribution in [0.2, 0.25) is 0 Å². The lowest BCUT2D eigenvalue weighted by atomic mass is 10.00. The number of thiophene rings is 1. The van der Waals surface area contributed by atoms with Crippen molar-refractivity contribution >= 4 is 28.4 Å². The maximum absolute atomic E-state index is 12.6. The summed E-state index contributed by atoms with van der Waals surface area (Å²) in [7, 11) is 0. The van der Waals surface area contributed by atoms with E-state index in [1.165, 1.54) is 11.3 Å². The van der Waals surface area contributed by atoms with Crippen LogP contribution >= 0.6 is 11.3 Å². The second-order valence-electron chi connectivity index (χ2n) is 6.52. The lowest BCUT2D eigenvalue weighted by Gasteiger charge is -2.22. The predicted octanol–water partition coefficient (Wildman–Crippen LogP) is 1.83. The molecule has 1 unspecified atom stereocenters. The fraction of sp³-hybridized carbons (Fsp3) is 0.389. The monoisotopic (exact) mass is 371 g/mol. The number of carbonyl (C=O) groups excluding carboxylic acids is 1. The van der Waals surface area contributed by atoms with Crippen molar-refractivity contribution in [2.24, 2.45) is 5.92 Å². The number of aliphatic hydroxyl groups is 1. The molecule has 0 aliphatic carbocycles. The molecule has 0 radical (unpaired) electrons. The Balaban J connectivity index is 1.54. The molecular weight excluding hydrogens is 350 g/mol. The summed E-state index contributed by atoms with van der Waals surface area (Å²) in [6.45, 7) is 2.63. The van der Waals surface area contributed by atoms with Crippen LogP contribution in [0.4, 0.5) is 0 Å². The van der Waals surface area contributed by atoms with Crippen LogP contribution in [-0.4, -0.2) is 45.6 Å². The molecule has 0 saturated carbocycles. The smallest absolute Gasteiger partial charge is 0.253 e. The first-order valence-electron chi connectivity index (χ1n) is 8.77. The summed E-state index contributed by atoms with van der Waals surface area (Å²) in [5, 5.41) is 18.7.